The number of nitrogens with zero attached hydrogens (tertiary/aromatic N) is 2. The molecule has 0 aliphatic heterocycles. The maximum Gasteiger partial charge on any atom is 0.263 e. The van der Waals surface area contributed by atoms with Crippen LogP contribution < -0.4 is 4.72 Å². The zero-order chi connectivity index (χ0) is 18.2. The lowest BCUT2D eigenvalue weighted by Crippen LogP contribution is -2.14. The monoisotopic (exact) mass is 419 g/mol. The van der Waals surface area contributed by atoms with Crippen molar-refractivity contribution in [1.82, 2.24) is 9.78 Å². The van der Waals surface area contributed by atoms with Crippen LogP contribution in [0.4, 0.5) is 5.69 Å². The molecule has 3 rings (SSSR count). The molecule has 130 valence electrons. The molecular weight excluding hydrogens is 402 g/mol. The minimum Gasteiger partial charge on any atom is -0.280 e. The highest BCUT2D eigenvalue weighted by Gasteiger charge is 2.18. The van der Waals surface area contributed by atoms with Crippen molar-refractivity contribution in [1.29, 1.82) is 0 Å². The standard InChI is InChI=1S/C18H18BrN3O2S/c1-12-7-8-18(17(19)9-12)25(23,24)21-15-5-4-6-16(11-15)22-14(3)10-13(2)20-22/h4-11,21H,1-3H3. The second-order valence-electron chi connectivity index (χ2n) is 5.93. The van der Waals surface area contributed by atoms with Crippen LogP contribution in [0.3, 0.4) is 0 Å². The number of benzene rings is 2. The highest BCUT2D eigenvalue weighted by atomic mass is 79.9. The first-order valence-electron chi connectivity index (χ1n) is 7.69. The topological polar surface area (TPSA) is 64.0 Å². The largest absolute Gasteiger partial charge is 0.280 e. The second kappa shape index (κ2) is 6.65. The van der Waals surface area contributed by atoms with Crippen molar-refractivity contribution in [3.63, 3.8) is 0 Å². The van der Waals surface area contributed by atoms with Crippen molar-refractivity contribution in [3.8, 4) is 5.69 Å². The Balaban J connectivity index is 1.95. The number of rotatable bonds is 4. The molecule has 2 aromatic carbocycles. The Bertz CT molecular complexity index is 1040. The van der Waals surface area contributed by atoms with Gasteiger partial charge in [-0.2, -0.15) is 5.10 Å². The number of sulfonamides is 1. The van der Waals surface area contributed by atoms with Crippen molar-refractivity contribution >= 4 is 31.6 Å². The number of aryl methyl sites for hydroxylation is 3. The molecule has 0 saturated carbocycles. The van der Waals surface area contributed by atoms with E-state index in [0.717, 1.165) is 22.6 Å². The molecule has 1 N–H and O–H groups in total. The number of hydrogen-bond donors (Lipinski definition) is 1. The summed E-state index contributed by atoms with van der Waals surface area (Å²) in [7, 11) is -3.69. The third-order valence-electron chi connectivity index (χ3n) is 3.73. The Labute approximate surface area is 155 Å². The zero-order valence-electron chi connectivity index (χ0n) is 14.1. The third-order valence-corrected chi connectivity index (χ3v) is 6.09. The summed E-state index contributed by atoms with van der Waals surface area (Å²) in [6, 6.07) is 14.3. The molecule has 0 atom stereocenters. The molecule has 0 spiro atoms. The zero-order valence-corrected chi connectivity index (χ0v) is 16.5. The van der Waals surface area contributed by atoms with Crippen LogP contribution in [0.5, 0.6) is 0 Å². The summed E-state index contributed by atoms with van der Waals surface area (Å²) in [6.45, 7) is 5.79. The fourth-order valence-electron chi connectivity index (χ4n) is 2.63. The Morgan fingerprint density at radius 3 is 2.44 bits per heavy atom. The fourth-order valence-corrected chi connectivity index (χ4v) is 4.87. The molecule has 0 amide bonds. The van der Waals surface area contributed by atoms with Crippen LogP contribution in [0.15, 0.2) is 57.9 Å². The smallest absolute Gasteiger partial charge is 0.263 e. The molecule has 5 nitrogen and oxygen atoms in total. The molecule has 7 heteroatoms. The fraction of sp³-hybridized carbons (Fsp3) is 0.167. The van der Waals surface area contributed by atoms with Crippen molar-refractivity contribution in [3.05, 3.63) is 70.0 Å². The SMILES string of the molecule is Cc1ccc(S(=O)(=O)Nc2cccc(-n3nc(C)cc3C)c2)c(Br)c1. The number of aromatic nitrogens is 2. The molecule has 0 unspecified atom stereocenters. The summed E-state index contributed by atoms with van der Waals surface area (Å²) in [5.74, 6) is 0. The van der Waals surface area contributed by atoms with Crippen LogP contribution >= 0.6 is 15.9 Å². The van der Waals surface area contributed by atoms with Gasteiger partial charge in [0.2, 0.25) is 0 Å². The lowest BCUT2D eigenvalue weighted by atomic mass is 10.2. The number of halogens is 1. The van der Waals surface area contributed by atoms with Gasteiger partial charge >= 0.3 is 0 Å². The van der Waals surface area contributed by atoms with E-state index in [4.69, 9.17) is 0 Å². The van der Waals surface area contributed by atoms with E-state index >= 15 is 0 Å². The van der Waals surface area contributed by atoms with Gasteiger partial charge in [0, 0.05) is 10.2 Å². The predicted molar refractivity (Wildman–Crippen MR) is 103 cm³/mol. The number of nitrogens with one attached hydrogen (secondary N) is 1. The molecule has 1 aromatic heterocycles. The van der Waals surface area contributed by atoms with Gasteiger partial charge in [-0.1, -0.05) is 12.1 Å². The van der Waals surface area contributed by atoms with Gasteiger partial charge in [0.25, 0.3) is 10.0 Å². The van der Waals surface area contributed by atoms with E-state index in [2.05, 4.69) is 25.8 Å². The van der Waals surface area contributed by atoms with Crippen molar-refractivity contribution in [2.45, 2.75) is 25.7 Å². The molecule has 0 saturated heterocycles. The first kappa shape index (κ1) is 17.7. The molecule has 0 fully saturated rings. The second-order valence-corrected chi connectivity index (χ2v) is 8.43. The summed E-state index contributed by atoms with van der Waals surface area (Å²) in [5.41, 5.74) is 4.16. The van der Waals surface area contributed by atoms with Gasteiger partial charge in [0.15, 0.2) is 0 Å². The molecule has 1 heterocycles. The Morgan fingerprint density at radius 1 is 1.04 bits per heavy atom. The predicted octanol–water partition coefficient (Wildman–Crippen LogP) is 4.36. The van der Waals surface area contributed by atoms with Crippen LogP contribution in [-0.4, -0.2) is 18.2 Å². The van der Waals surface area contributed by atoms with E-state index in [0.29, 0.717) is 10.2 Å². The highest BCUT2D eigenvalue weighted by molar-refractivity contribution is 9.10. The van der Waals surface area contributed by atoms with Crippen LogP contribution in [-0.2, 0) is 10.0 Å². The van der Waals surface area contributed by atoms with Crippen LogP contribution in [0, 0.1) is 20.8 Å². The van der Waals surface area contributed by atoms with Crippen LogP contribution in [0.25, 0.3) is 5.69 Å². The van der Waals surface area contributed by atoms with Crippen molar-refractivity contribution in [2.24, 2.45) is 0 Å². The average molecular weight is 420 g/mol. The quantitative estimate of drug-likeness (QED) is 0.682. The minimum atomic E-state index is -3.69. The average Bonchev–Trinajstić information content (AvgIpc) is 2.85. The molecule has 0 radical (unpaired) electrons. The minimum absolute atomic E-state index is 0.203. The molecule has 0 aliphatic rings. The van der Waals surface area contributed by atoms with E-state index < -0.39 is 10.0 Å². The molecule has 3 aromatic rings. The van der Waals surface area contributed by atoms with E-state index in [1.165, 1.54) is 0 Å². The van der Waals surface area contributed by atoms with Gasteiger partial charge in [-0.05, 0) is 78.7 Å². The molecule has 25 heavy (non-hydrogen) atoms. The van der Waals surface area contributed by atoms with Gasteiger partial charge in [0.05, 0.1) is 17.1 Å². The Morgan fingerprint density at radius 2 is 1.80 bits per heavy atom. The molecule has 0 aliphatic carbocycles. The van der Waals surface area contributed by atoms with E-state index in [9.17, 15) is 8.42 Å². The maximum absolute atomic E-state index is 12.7. The lowest BCUT2D eigenvalue weighted by molar-refractivity contribution is 0.600. The summed E-state index contributed by atoms with van der Waals surface area (Å²) < 4.78 is 30.3. The number of anilines is 1. The molecular formula is C18H18BrN3O2S. The van der Waals surface area contributed by atoms with Gasteiger partial charge in [-0.15, -0.1) is 0 Å². The van der Waals surface area contributed by atoms with E-state index in [1.807, 2.05) is 32.9 Å². The summed E-state index contributed by atoms with van der Waals surface area (Å²) in [5, 5.41) is 4.43. The maximum atomic E-state index is 12.7. The summed E-state index contributed by atoms with van der Waals surface area (Å²) in [6.07, 6.45) is 0. The molecule has 0 bridgehead atoms. The van der Waals surface area contributed by atoms with E-state index in [1.54, 1.807) is 41.1 Å². The van der Waals surface area contributed by atoms with Crippen molar-refractivity contribution in [2.75, 3.05) is 4.72 Å². The third kappa shape index (κ3) is 3.77. The van der Waals surface area contributed by atoms with Crippen LogP contribution in [0.2, 0.25) is 0 Å². The first-order chi connectivity index (χ1) is 11.8. The van der Waals surface area contributed by atoms with Gasteiger partial charge < -0.3 is 0 Å². The first-order valence-corrected chi connectivity index (χ1v) is 9.96. The van der Waals surface area contributed by atoms with Gasteiger partial charge in [-0.3, -0.25) is 4.72 Å². The summed E-state index contributed by atoms with van der Waals surface area (Å²) >= 11 is 3.33. The Hall–Kier alpha value is -2.12. The van der Waals surface area contributed by atoms with Crippen molar-refractivity contribution < 1.29 is 8.42 Å². The van der Waals surface area contributed by atoms with E-state index in [-0.39, 0.29) is 4.90 Å². The summed E-state index contributed by atoms with van der Waals surface area (Å²) in [4.78, 5) is 0.203. The Kier molecular flexibility index (Phi) is 4.71. The van der Waals surface area contributed by atoms with Crippen LogP contribution in [0.1, 0.15) is 17.0 Å². The normalized spacial score (nSPS) is 11.5. The highest BCUT2D eigenvalue weighted by Crippen LogP contribution is 2.26. The lowest BCUT2D eigenvalue weighted by Gasteiger charge is -2.12. The van der Waals surface area contributed by atoms with Gasteiger partial charge in [-0.25, -0.2) is 13.1 Å². The number of hydrogen-bond acceptors (Lipinski definition) is 3. The van der Waals surface area contributed by atoms with Gasteiger partial charge in [0.1, 0.15) is 4.90 Å².